The van der Waals surface area contributed by atoms with Crippen molar-refractivity contribution in [1.29, 1.82) is 0 Å². The van der Waals surface area contributed by atoms with Crippen LogP contribution < -0.4 is 10.1 Å². The Kier molecular flexibility index (Phi) is 7.06. The molecule has 3 rings (SSSR count). The molecule has 0 spiro atoms. The van der Waals surface area contributed by atoms with Crippen LogP contribution >= 0.6 is 11.8 Å². The number of nitrogens with zero attached hydrogens (tertiary/aromatic N) is 1. The molecule has 2 aliphatic heterocycles. The van der Waals surface area contributed by atoms with Crippen LogP contribution in [0.3, 0.4) is 0 Å². The van der Waals surface area contributed by atoms with Crippen LogP contribution in [-0.2, 0) is 9.53 Å². The molecule has 5 nitrogen and oxygen atoms in total. The van der Waals surface area contributed by atoms with Gasteiger partial charge in [0.25, 0.3) is 5.91 Å². The van der Waals surface area contributed by atoms with Crippen molar-refractivity contribution in [3.8, 4) is 5.75 Å². The van der Waals surface area contributed by atoms with Crippen molar-refractivity contribution in [2.75, 3.05) is 44.4 Å². The van der Waals surface area contributed by atoms with Gasteiger partial charge in [0.2, 0.25) is 0 Å². The number of morpholine rings is 1. The zero-order valence-corrected chi connectivity index (χ0v) is 17.5. The highest BCUT2D eigenvalue weighted by molar-refractivity contribution is 7.99. The Bertz CT molecular complexity index is 626. The normalized spacial score (nSPS) is 24.7. The third-order valence-electron chi connectivity index (χ3n) is 5.56. The summed E-state index contributed by atoms with van der Waals surface area (Å²) in [7, 11) is 0. The number of ether oxygens (including phenoxy) is 2. The summed E-state index contributed by atoms with van der Waals surface area (Å²) in [5, 5.41) is 3.16. The highest BCUT2D eigenvalue weighted by atomic mass is 32.2. The Morgan fingerprint density at radius 3 is 2.78 bits per heavy atom. The molecule has 2 atom stereocenters. The van der Waals surface area contributed by atoms with Crippen LogP contribution in [0.4, 0.5) is 0 Å². The maximum Gasteiger partial charge on any atom is 0.260 e. The lowest BCUT2D eigenvalue weighted by atomic mass is 9.95. The van der Waals surface area contributed by atoms with Gasteiger partial charge in [-0.15, -0.1) is 0 Å². The largest absolute Gasteiger partial charge is 0.481 e. The summed E-state index contributed by atoms with van der Waals surface area (Å²) in [6, 6.07) is 8.01. The van der Waals surface area contributed by atoms with Crippen molar-refractivity contribution >= 4 is 17.7 Å². The molecule has 0 saturated carbocycles. The summed E-state index contributed by atoms with van der Waals surface area (Å²) in [4.78, 5) is 15.2. The molecule has 1 aromatic rings. The third kappa shape index (κ3) is 5.18. The quantitative estimate of drug-likeness (QED) is 0.773. The lowest BCUT2D eigenvalue weighted by Crippen LogP contribution is -2.59. The fourth-order valence-electron chi connectivity index (χ4n) is 3.73. The average Bonchev–Trinajstić information content (AvgIpc) is 3.17. The molecule has 6 heteroatoms. The van der Waals surface area contributed by atoms with Crippen molar-refractivity contribution < 1.29 is 14.3 Å². The molecular formula is C21H32N2O3S. The van der Waals surface area contributed by atoms with Crippen LogP contribution in [0.25, 0.3) is 0 Å². The summed E-state index contributed by atoms with van der Waals surface area (Å²) < 4.78 is 11.4. The van der Waals surface area contributed by atoms with Crippen molar-refractivity contribution in [2.24, 2.45) is 0 Å². The number of nitrogens with one attached hydrogen (secondary N) is 1. The van der Waals surface area contributed by atoms with E-state index in [4.69, 9.17) is 9.47 Å². The molecule has 0 radical (unpaired) electrons. The maximum atomic E-state index is 12.7. The Hall–Kier alpha value is -1.24. The van der Waals surface area contributed by atoms with E-state index >= 15 is 0 Å². The van der Waals surface area contributed by atoms with Gasteiger partial charge in [-0.3, -0.25) is 9.69 Å². The lowest BCUT2D eigenvalue weighted by Gasteiger charge is -2.43. The number of hydrogen-bond donors (Lipinski definition) is 1. The second-order valence-electron chi connectivity index (χ2n) is 7.83. The summed E-state index contributed by atoms with van der Waals surface area (Å²) in [6.07, 6.45) is 0.604. The van der Waals surface area contributed by atoms with Gasteiger partial charge in [0.15, 0.2) is 6.10 Å². The molecule has 0 bridgehead atoms. The molecule has 1 N–H and O–H groups in total. The molecule has 2 aliphatic rings. The first-order valence-electron chi connectivity index (χ1n) is 9.95. The molecule has 1 aromatic carbocycles. The summed E-state index contributed by atoms with van der Waals surface area (Å²) in [5.41, 5.74) is 1.27. The van der Waals surface area contributed by atoms with Crippen LogP contribution in [0.15, 0.2) is 24.3 Å². The van der Waals surface area contributed by atoms with Crippen LogP contribution in [0.2, 0.25) is 0 Å². The Labute approximate surface area is 167 Å². The monoisotopic (exact) mass is 392 g/mol. The Morgan fingerprint density at radius 1 is 1.33 bits per heavy atom. The van der Waals surface area contributed by atoms with Gasteiger partial charge in [-0.05, 0) is 42.7 Å². The average molecular weight is 393 g/mol. The fourth-order valence-corrected chi connectivity index (χ4v) is 5.21. The first-order valence-corrected chi connectivity index (χ1v) is 11.1. The number of thioether (sulfide) groups is 1. The van der Waals surface area contributed by atoms with E-state index in [0.717, 1.165) is 50.0 Å². The predicted molar refractivity (Wildman–Crippen MR) is 111 cm³/mol. The van der Waals surface area contributed by atoms with E-state index in [9.17, 15) is 4.79 Å². The number of rotatable bonds is 7. The second kappa shape index (κ2) is 9.30. The topological polar surface area (TPSA) is 50.8 Å². The van der Waals surface area contributed by atoms with Gasteiger partial charge in [0, 0.05) is 30.9 Å². The molecule has 0 aliphatic carbocycles. The zero-order valence-electron chi connectivity index (χ0n) is 16.7. The van der Waals surface area contributed by atoms with Gasteiger partial charge >= 0.3 is 0 Å². The van der Waals surface area contributed by atoms with Crippen LogP contribution in [0.5, 0.6) is 5.75 Å². The third-order valence-corrected chi connectivity index (χ3v) is 6.80. The van der Waals surface area contributed by atoms with Crippen molar-refractivity contribution in [1.82, 2.24) is 10.2 Å². The van der Waals surface area contributed by atoms with Gasteiger partial charge in [0.1, 0.15) is 5.75 Å². The number of carbonyl (C=O) groups is 1. The van der Waals surface area contributed by atoms with E-state index in [1.807, 2.05) is 36.9 Å². The minimum Gasteiger partial charge on any atom is -0.481 e. The minimum atomic E-state index is -0.511. The zero-order chi connectivity index (χ0) is 19.3. The van der Waals surface area contributed by atoms with Crippen molar-refractivity contribution in [2.45, 2.75) is 44.8 Å². The molecule has 0 unspecified atom stereocenters. The molecule has 27 heavy (non-hydrogen) atoms. The summed E-state index contributed by atoms with van der Waals surface area (Å²) >= 11 is 1.98. The first kappa shape index (κ1) is 20.5. The molecular weight excluding hydrogens is 360 g/mol. The number of benzene rings is 1. The maximum absolute atomic E-state index is 12.7. The standard InChI is InChI=1S/C21H32N2O3S/c1-16(2)18-5-4-6-19(13-18)26-17(3)20(24)22-14-21(7-12-27-15-21)23-8-10-25-11-9-23/h4-6,13,16-17H,7-12,14-15H2,1-3H3,(H,22,24)/t17-,21-/m1/s1. The van der Waals surface area contributed by atoms with Crippen LogP contribution in [0, 0.1) is 0 Å². The van der Waals surface area contributed by atoms with E-state index in [2.05, 4.69) is 30.1 Å². The number of hydrogen-bond acceptors (Lipinski definition) is 5. The van der Waals surface area contributed by atoms with E-state index < -0.39 is 6.10 Å². The Morgan fingerprint density at radius 2 is 2.11 bits per heavy atom. The Balaban J connectivity index is 1.56. The minimum absolute atomic E-state index is 0.0468. The van der Waals surface area contributed by atoms with E-state index in [1.165, 1.54) is 5.56 Å². The number of amides is 1. The van der Waals surface area contributed by atoms with Gasteiger partial charge in [0.05, 0.1) is 13.2 Å². The fraction of sp³-hybridized carbons (Fsp3) is 0.667. The van der Waals surface area contributed by atoms with Crippen molar-refractivity contribution in [3.63, 3.8) is 0 Å². The SMILES string of the molecule is CC(C)c1cccc(O[C@H](C)C(=O)NC[C@]2(N3CCOCC3)CCSC2)c1. The predicted octanol–water partition coefficient (Wildman–Crippen LogP) is 2.90. The van der Waals surface area contributed by atoms with Gasteiger partial charge in [-0.25, -0.2) is 0 Å². The highest BCUT2D eigenvalue weighted by Crippen LogP contribution is 2.33. The first-order chi connectivity index (χ1) is 13.0. The smallest absolute Gasteiger partial charge is 0.260 e. The summed E-state index contributed by atoms with van der Waals surface area (Å²) in [5.74, 6) is 3.36. The molecule has 0 aromatic heterocycles. The molecule has 1 amide bonds. The van der Waals surface area contributed by atoms with E-state index in [-0.39, 0.29) is 11.4 Å². The lowest BCUT2D eigenvalue weighted by molar-refractivity contribution is -0.128. The van der Waals surface area contributed by atoms with Crippen LogP contribution in [0.1, 0.15) is 38.7 Å². The van der Waals surface area contributed by atoms with Gasteiger partial charge in [-0.1, -0.05) is 26.0 Å². The number of carbonyl (C=O) groups excluding carboxylic acids is 1. The van der Waals surface area contributed by atoms with Crippen LogP contribution in [-0.4, -0.2) is 66.8 Å². The summed E-state index contributed by atoms with van der Waals surface area (Å²) in [6.45, 7) is 10.3. The van der Waals surface area contributed by atoms with Crippen molar-refractivity contribution in [3.05, 3.63) is 29.8 Å². The molecule has 2 saturated heterocycles. The van der Waals surface area contributed by atoms with E-state index in [0.29, 0.717) is 12.5 Å². The molecule has 2 fully saturated rings. The molecule has 150 valence electrons. The van der Waals surface area contributed by atoms with Gasteiger partial charge in [-0.2, -0.15) is 11.8 Å². The second-order valence-corrected chi connectivity index (χ2v) is 8.94. The highest BCUT2D eigenvalue weighted by Gasteiger charge is 2.41. The van der Waals surface area contributed by atoms with Gasteiger partial charge < -0.3 is 14.8 Å². The molecule has 2 heterocycles. The van der Waals surface area contributed by atoms with E-state index in [1.54, 1.807) is 0 Å².